The van der Waals surface area contributed by atoms with Crippen molar-refractivity contribution in [3.8, 4) is 0 Å². The van der Waals surface area contributed by atoms with E-state index in [9.17, 15) is 0 Å². The van der Waals surface area contributed by atoms with Gasteiger partial charge >= 0.3 is 40.0 Å². The van der Waals surface area contributed by atoms with Crippen LogP contribution in [0.15, 0.2) is 0 Å². The molecular formula is C8H21NaO5S. The zero-order valence-electron chi connectivity index (χ0n) is 8.68. The summed E-state index contributed by atoms with van der Waals surface area (Å²) < 4.78 is 31.6. The van der Waals surface area contributed by atoms with E-state index in [0.29, 0.717) is 6.61 Å². The molecule has 5 nitrogen and oxygen atoms in total. The zero-order valence-corrected chi connectivity index (χ0v) is 9.50. The summed E-state index contributed by atoms with van der Waals surface area (Å²) in [6.07, 6.45) is 4.75. The molecule has 0 heterocycles. The van der Waals surface area contributed by atoms with E-state index in [1.165, 1.54) is 19.3 Å². The summed E-state index contributed by atoms with van der Waals surface area (Å²) >= 11 is 0. The maximum absolute atomic E-state index is 8.74. The summed E-state index contributed by atoms with van der Waals surface area (Å²) in [5.74, 6) is 0.823. The van der Waals surface area contributed by atoms with Gasteiger partial charge in [0.15, 0.2) is 0 Å². The van der Waals surface area contributed by atoms with E-state index in [4.69, 9.17) is 22.6 Å². The van der Waals surface area contributed by atoms with Crippen molar-refractivity contribution in [2.75, 3.05) is 6.61 Å². The Morgan fingerprint density at radius 3 is 1.73 bits per heavy atom. The van der Waals surface area contributed by atoms with Gasteiger partial charge in [0.25, 0.3) is 0 Å². The summed E-state index contributed by atoms with van der Waals surface area (Å²) in [6, 6.07) is 0. The summed E-state index contributed by atoms with van der Waals surface area (Å²) in [6.45, 7) is 4.83. The van der Waals surface area contributed by atoms with Gasteiger partial charge in [-0.1, -0.05) is 33.1 Å². The van der Waals surface area contributed by atoms with Gasteiger partial charge < -0.3 is 5.11 Å². The van der Waals surface area contributed by atoms with Crippen molar-refractivity contribution in [2.45, 2.75) is 39.5 Å². The topological polar surface area (TPSA) is 94.8 Å². The van der Waals surface area contributed by atoms with Crippen LogP contribution in [0, 0.1) is 5.92 Å². The second kappa shape index (κ2) is 12.9. The second-order valence-electron chi connectivity index (χ2n) is 3.41. The first-order valence-electron chi connectivity index (χ1n) is 4.58. The van der Waals surface area contributed by atoms with Crippen LogP contribution in [-0.4, -0.2) is 58.8 Å². The Labute approximate surface area is 114 Å². The molecule has 0 saturated heterocycles. The maximum atomic E-state index is 8.74. The third-order valence-corrected chi connectivity index (χ3v) is 1.44. The van der Waals surface area contributed by atoms with Gasteiger partial charge in [-0.15, -0.1) is 0 Å². The molecule has 3 N–H and O–H groups in total. The summed E-state index contributed by atoms with van der Waals surface area (Å²) in [5.41, 5.74) is 0. The first-order chi connectivity index (χ1) is 6.27. The summed E-state index contributed by atoms with van der Waals surface area (Å²) in [4.78, 5) is 0. The van der Waals surface area contributed by atoms with Gasteiger partial charge in [0.2, 0.25) is 0 Å². The average Bonchev–Trinajstić information content (AvgIpc) is 1.94. The van der Waals surface area contributed by atoms with Gasteiger partial charge in [0.05, 0.1) is 0 Å². The molecule has 0 saturated carbocycles. The number of rotatable bonds is 5. The Bertz CT molecular complexity index is 195. The SMILES string of the molecule is CC(C)CCCCCO.O=S(=O)(O)O.[NaH]. The number of hydrogen-bond acceptors (Lipinski definition) is 3. The zero-order chi connectivity index (χ0) is 11.6. The van der Waals surface area contributed by atoms with E-state index in [-0.39, 0.29) is 29.6 Å². The molecule has 0 atom stereocenters. The second-order valence-corrected chi connectivity index (χ2v) is 4.31. The standard InChI is InChI=1S/C8H18O.Na.H2O4S.H/c1-8(2)6-4-3-5-7-9;;1-5(2,3)4;/h8-9H,3-7H2,1-2H3;;(H2,1,2,3,4);. The third-order valence-electron chi connectivity index (χ3n) is 1.44. The van der Waals surface area contributed by atoms with E-state index in [1.807, 2.05) is 0 Å². The van der Waals surface area contributed by atoms with Crippen molar-refractivity contribution >= 4 is 40.0 Å². The Hall–Kier alpha value is 0.830. The summed E-state index contributed by atoms with van der Waals surface area (Å²) in [5, 5.41) is 8.43. The van der Waals surface area contributed by atoms with E-state index in [0.717, 1.165) is 12.3 Å². The molecule has 0 aliphatic heterocycles. The van der Waals surface area contributed by atoms with Crippen molar-refractivity contribution < 1.29 is 22.6 Å². The summed E-state index contributed by atoms with van der Waals surface area (Å²) in [7, 11) is -4.67. The number of hydrogen-bond donors (Lipinski definition) is 3. The molecular weight excluding hydrogens is 231 g/mol. The molecule has 7 heteroatoms. The Morgan fingerprint density at radius 2 is 1.47 bits per heavy atom. The monoisotopic (exact) mass is 252 g/mol. The molecule has 0 spiro atoms. The fraction of sp³-hybridized carbons (Fsp3) is 1.00. The quantitative estimate of drug-likeness (QED) is 0.384. The van der Waals surface area contributed by atoms with Crippen LogP contribution in [0.1, 0.15) is 39.5 Å². The van der Waals surface area contributed by atoms with Gasteiger partial charge in [-0.25, -0.2) is 0 Å². The fourth-order valence-corrected chi connectivity index (χ4v) is 0.841. The Balaban J connectivity index is -0.000000208. The molecule has 15 heavy (non-hydrogen) atoms. The van der Waals surface area contributed by atoms with Crippen molar-refractivity contribution in [3.05, 3.63) is 0 Å². The van der Waals surface area contributed by atoms with E-state index in [2.05, 4.69) is 13.8 Å². The van der Waals surface area contributed by atoms with Crippen LogP contribution in [0.3, 0.4) is 0 Å². The molecule has 0 radical (unpaired) electrons. The Kier molecular flexibility index (Phi) is 18.2. The van der Waals surface area contributed by atoms with E-state index in [1.54, 1.807) is 0 Å². The minimum atomic E-state index is -4.67. The number of aliphatic hydroxyl groups is 1. The fourth-order valence-electron chi connectivity index (χ4n) is 0.841. The van der Waals surface area contributed by atoms with Crippen LogP contribution < -0.4 is 0 Å². The van der Waals surface area contributed by atoms with E-state index >= 15 is 0 Å². The molecule has 0 aromatic carbocycles. The Morgan fingerprint density at radius 1 is 1.07 bits per heavy atom. The van der Waals surface area contributed by atoms with Crippen LogP contribution in [0.5, 0.6) is 0 Å². The van der Waals surface area contributed by atoms with Gasteiger partial charge in [-0.2, -0.15) is 8.42 Å². The predicted molar refractivity (Wildman–Crippen MR) is 61.7 cm³/mol. The van der Waals surface area contributed by atoms with Crippen LogP contribution in [0.2, 0.25) is 0 Å². The number of aliphatic hydroxyl groups excluding tert-OH is 1. The molecule has 0 aromatic rings. The molecule has 0 amide bonds. The van der Waals surface area contributed by atoms with Crippen molar-refractivity contribution in [1.29, 1.82) is 0 Å². The normalized spacial score (nSPS) is 10.3. The number of unbranched alkanes of at least 4 members (excludes halogenated alkanes) is 2. The molecule has 0 aliphatic rings. The van der Waals surface area contributed by atoms with Crippen molar-refractivity contribution in [2.24, 2.45) is 5.92 Å². The predicted octanol–water partition coefficient (Wildman–Crippen LogP) is 0.894. The van der Waals surface area contributed by atoms with Gasteiger partial charge in [0, 0.05) is 6.61 Å². The van der Waals surface area contributed by atoms with Gasteiger partial charge in [-0.3, -0.25) is 9.11 Å². The molecule has 0 rings (SSSR count). The first kappa shape index (κ1) is 21.1. The molecule has 90 valence electrons. The van der Waals surface area contributed by atoms with Crippen molar-refractivity contribution in [1.82, 2.24) is 0 Å². The first-order valence-corrected chi connectivity index (χ1v) is 5.97. The minimum absolute atomic E-state index is 0. The van der Waals surface area contributed by atoms with Crippen LogP contribution >= 0.6 is 0 Å². The average molecular weight is 252 g/mol. The van der Waals surface area contributed by atoms with Crippen LogP contribution in [0.25, 0.3) is 0 Å². The van der Waals surface area contributed by atoms with Gasteiger partial charge in [0.1, 0.15) is 0 Å². The van der Waals surface area contributed by atoms with Crippen LogP contribution in [-0.2, 0) is 10.4 Å². The van der Waals surface area contributed by atoms with Crippen LogP contribution in [0.4, 0.5) is 0 Å². The molecule has 0 unspecified atom stereocenters. The molecule has 0 fully saturated rings. The van der Waals surface area contributed by atoms with Gasteiger partial charge in [-0.05, 0) is 12.3 Å². The third kappa shape index (κ3) is 52.3. The molecule has 0 aliphatic carbocycles. The molecule has 0 bridgehead atoms. The molecule has 0 aromatic heterocycles. The van der Waals surface area contributed by atoms with E-state index < -0.39 is 10.4 Å². The van der Waals surface area contributed by atoms with Crippen molar-refractivity contribution in [3.63, 3.8) is 0 Å².